The summed E-state index contributed by atoms with van der Waals surface area (Å²) < 4.78 is 0. The third kappa shape index (κ3) is 2.91. The minimum atomic E-state index is 0.364. The molecule has 70 valence electrons. The van der Waals surface area contributed by atoms with E-state index in [9.17, 15) is 4.79 Å². The third-order valence-corrected chi connectivity index (χ3v) is 2.33. The molecule has 0 saturated carbocycles. The van der Waals surface area contributed by atoms with Gasteiger partial charge in [-0.05, 0) is 7.05 Å². The first-order valence-electron chi connectivity index (χ1n) is 4.66. The number of hydrogen-bond donors (Lipinski definition) is 1. The van der Waals surface area contributed by atoms with Gasteiger partial charge in [0.05, 0.1) is 0 Å². The molecule has 0 aliphatic carbocycles. The van der Waals surface area contributed by atoms with E-state index in [1.807, 2.05) is 6.92 Å². The zero-order valence-electron chi connectivity index (χ0n) is 7.97. The Morgan fingerprint density at radius 2 is 2.42 bits per heavy atom. The van der Waals surface area contributed by atoms with Crippen molar-refractivity contribution in [3.05, 3.63) is 0 Å². The Hall–Kier alpha value is -0.410. The molecular formula is C9H18N2O. The van der Waals surface area contributed by atoms with Crippen LogP contribution in [0, 0.1) is 0 Å². The van der Waals surface area contributed by atoms with Crippen LogP contribution >= 0.6 is 0 Å². The topological polar surface area (TPSA) is 32.3 Å². The van der Waals surface area contributed by atoms with Gasteiger partial charge in [-0.2, -0.15) is 0 Å². The molecule has 3 heteroatoms. The molecule has 0 aromatic heterocycles. The summed E-state index contributed by atoms with van der Waals surface area (Å²) in [6, 6.07) is 0.385. The third-order valence-electron chi connectivity index (χ3n) is 2.33. The number of carbonyl (C=O) groups excluding carboxylic acids is 1. The minimum absolute atomic E-state index is 0.364. The van der Waals surface area contributed by atoms with Crippen molar-refractivity contribution < 1.29 is 4.79 Å². The summed E-state index contributed by atoms with van der Waals surface area (Å²) in [7, 11) is 2.10. The summed E-state index contributed by atoms with van der Waals surface area (Å²) in [4.78, 5) is 13.4. The number of carbonyl (C=O) groups is 1. The zero-order chi connectivity index (χ0) is 8.97. The van der Waals surface area contributed by atoms with Crippen molar-refractivity contribution in [3.8, 4) is 0 Å². The van der Waals surface area contributed by atoms with Crippen LogP contribution in [-0.2, 0) is 4.79 Å². The van der Waals surface area contributed by atoms with Crippen molar-refractivity contribution in [2.45, 2.75) is 25.8 Å². The molecule has 0 bridgehead atoms. The lowest BCUT2D eigenvalue weighted by Gasteiger charge is -2.30. The fraction of sp³-hybridized carbons (Fsp3) is 0.889. The molecule has 1 fully saturated rings. The lowest BCUT2D eigenvalue weighted by atomic mass is 10.1. The van der Waals surface area contributed by atoms with Crippen molar-refractivity contribution in [3.63, 3.8) is 0 Å². The zero-order valence-corrected chi connectivity index (χ0v) is 7.97. The van der Waals surface area contributed by atoms with Gasteiger partial charge in [0.1, 0.15) is 5.78 Å². The van der Waals surface area contributed by atoms with Gasteiger partial charge in [-0.25, -0.2) is 0 Å². The van der Waals surface area contributed by atoms with E-state index in [1.54, 1.807) is 0 Å². The molecule has 1 atom stereocenters. The molecule has 0 spiro atoms. The van der Waals surface area contributed by atoms with Crippen LogP contribution < -0.4 is 5.32 Å². The number of ketones is 1. The number of Topliss-reactive ketones (excluding diaryl/α,β-unsaturated/α-hetero) is 1. The monoisotopic (exact) mass is 170 g/mol. The van der Waals surface area contributed by atoms with Crippen LogP contribution in [0.5, 0.6) is 0 Å². The molecule has 3 nitrogen and oxygen atoms in total. The quantitative estimate of drug-likeness (QED) is 0.659. The maximum atomic E-state index is 11.1. The first kappa shape index (κ1) is 9.68. The number of likely N-dealkylation sites (N-methyl/N-ethyl adjacent to an activating group) is 1. The lowest BCUT2D eigenvalue weighted by Crippen LogP contribution is -2.49. The maximum Gasteiger partial charge on any atom is 0.134 e. The average molecular weight is 170 g/mol. The molecule has 12 heavy (non-hydrogen) atoms. The van der Waals surface area contributed by atoms with Crippen LogP contribution in [0.1, 0.15) is 19.8 Å². The second kappa shape index (κ2) is 4.58. The molecule has 1 aliphatic rings. The van der Waals surface area contributed by atoms with Crippen LogP contribution in [0.25, 0.3) is 0 Å². The molecule has 1 saturated heterocycles. The van der Waals surface area contributed by atoms with E-state index in [-0.39, 0.29) is 0 Å². The predicted octanol–water partition coefficient (Wildman–Crippen LogP) is 0.259. The molecule has 1 aliphatic heterocycles. The first-order valence-corrected chi connectivity index (χ1v) is 4.66. The predicted molar refractivity (Wildman–Crippen MR) is 49.2 cm³/mol. The van der Waals surface area contributed by atoms with Gasteiger partial charge in [0.25, 0.3) is 0 Å². The van der Waals surface area contributed by atoms with Crippen LogP contribution in [0.3, 0.4) is 0 Å². The SMILES string of the molecule is CCC(=O)CC1CN(C)CCN1. The molecule has 1 unspecified atom stereocenters. The molecule has 1 rings (SSSR count). The standard InChI is InChI=1S/C9H18N2O/c1-3-9(12)6-8-7-11(2)5-4-10-8/h8,10H,3-7H2,1-2H3. The van der Waals surface area contributed by atoms with Crippen LogP contribution in [0.4, 0.5) is 0 Å². The molecular weight excluding hydrogens is 152 g/mol. The van der Waals surface area contributed by atoms with Crippen molar-refractivity contribution >= 4 is 5.78 Å². The fourth-order valence-corrected chi connectivity index (χ4v) is 1.55. The summed E-state index contributed by atoms with van der Waals surface area (Å²) in [5.74, 6) is 0.364. The second-order valence-electron chi connectivity index (χ2n) is 3.51. The molecule has 0 radical (unpaired) electrons. The highest BCUT2D eigenvalue weighted by Crippen LogP contribution is 2.02. The molecule has 1 heterocycles. The van der Waals surface area contributed by atoms with Gasteiger partial charge in [-0.3, -0.25) is 4.79 Å². The highest BCUT2D eigenvalue weighted by atomic mass is 16.1. The van der Waals surface area contributed by atoms with E-state index in [2.05, 4.69) is 17.3 Å². The van der Waals surface area contributed by atoms with Gasteiger partial charge >= 0.3 is 0 Å². The molecule has 0 aromatic carbocycles. The second-order valence-corrected chi connectivity index (χ2v) is 3.51. The molecule has 0 amide bonds. The Morgan fingerprint density at radius 1 is 1.67 bits per heavy atom. The van der Waals surface area contributed by atoms with Gasteiger partial charge in [-0.15, -0.1) is 0 Å². The van der Waals surface area contributed by atoms with Crippen LogP contribution in [-0.4, -0.2) is 43.4 Å². The number of hydrogen-bond acceptors (Lipinski definition) is 3. The molecule has 1 N–H and O–H groups in total. The van der Waals surface area contributed by atoms with E-state index in [0.29, 0.717) is 24.7 Å². The Labute approximate surface area is 74.1 Å². The summed E-state index contributed by atoms with van der Waals surface area (Å²) in [6.45, 7) is 5.04. The van der Waals surface area contributed by atoms with Crippen LogP contribution in [0.2, 0.25) is 0 Å². The maximum absolute atomic E-state index is 11.1. The Morgan fingerprint density at radius 3 is 3.00 bits per heavy atom. The van der Waals surface area contributed by atoms with Gasteiger partial charge in [-0.1, -0.05) is 6.92 Å². The average Bonchev–Trinajstić information content (AvgIpc) is 2.04. The minimum Gasteiger partial charge on any atom is -0.311 e. The highest BCUT2D eigenvalue weighted by molar-refractivity contribution is 5.78. The lowest BCUT2D eigenvalue weighted by molar-refractivity contribution is -0.119. The van der Waals surface area contributed by atoms with Gasteiger partial charge in [0.15, 0.2) is 0 Å². The van der Waals surface area contributed by atoms with E-state index < -0.39 is 0 Å². The van der Waals surface area contributed by atoms with Crippen molar-refractivity contribution in [2.24, 2.45) is 0 Å². The summed E-state index contributed by atoms with van der Waals surface area (Å²) in [6.07, 6.45) is 1.36. The Bertz CT molecular complexity index is 159. The summed E-state index contributed by atoms with van der Waals surface area (Å²) in [5, 5.41) is 3.35. The highest BCUT2D eigenvalue weighted by Gasteiger charge is 2.17. The van der Waals surface area contributed by atoms with Gasteiger partial charge < -0.3 is 10.2 Å². The Kier molecular flexibility index (Phi) is 3.69. The molecule has 0 aromatic rings. The van der Waals surface area contributed by atoms with Crippen molar-refractivity contribution in [1.82, 2.24) is 10.2 Å². The number of piperazine rings is 1. The Balaban J connectivity index is 2.27. The number of rotatable bonds is 3. The largest absolute Gasteiger partial charge is 0.311 e. The van der Waals surface area contributed by atoms with Gasteiger partial charge in [0, 0.05) is 38.5 Å². The smallest absolute Gasteiger partial charge is 0.134 e. The van der Waals surface area contributed by atoms with Gasteiger partial charge in [0.2, 0.25) is 0 Å². The van der Waals surface area contributed by atoms with E-state index in [1.165, 1.54) is 0 Å². The van der Waals surface area contributed by atoms with E-state index in [4.69, 9.17) is 0 Å². The fourth-order valence-electron chi connectivity index (χ4n) is 1.55. The first-order chi connectivity index (χ1) is 5.72. The van der Waals surface area contributed by atoms with E-state index >= 15 is 0 Å². The normalized spacial score (nSPS) is 25.7. The summed E-state index contributed by atoms with van der Waals surface area (Å²) in [5.41, 5.74) is 0. The summed E-state index contributed by atoms with van der Waals surface area (Å²) >= 11 is 0. The number of nitrogens with one attached hydrogen (secondary N) is 1. The van der Waals surface area contributed by atoms with Crippen LogP contribution in [0.15, 0.2) is 0 Å². The number of nitrogens with zero attached hydrogens (tertiary/aromatic N) is 1. The van der Waals surface area contributed by atoms with Crippen molar-refractivity contribution in [2.75, 3.05) is 26.7 Å². The van der Waals surface area contributed by atoms with Crippen molar-refractivity contribution in [1.29, 1.82) is 0 Å². The van der Waals surface area contributed by atoms with E-state index in [0.717, 1.165) is 19.6 Å².